The third kappa shape index (κ3) is 3.91. The van der Waals surface area contributed by atoms with Crippen molar-refractivity contribution in [2.75, 3.05) is 18.9 Å². The summed E-state index contributed by atoms with van der Waals surface area (Å²) >= 11 is 0. The molecule has 5 nitrogen and oxygen atoms in total. The predicted octanol–water partition coefficient (Wildman–Crippen LogP) is 2.73. The van der Waals surface area contributed by atoms with Crippen LogP contribution in [-0.4, -0.2) is 42.0 Å². The first-order valence-electron chi connectivity index (χ1n) is 5.87. The number of rotatable bonds is 4. The lowest BCUT2D eigenvalue weighted by Gasteiger charge is -2.19. The number of aryl methyl sites for hydroxylation is 2. The SMILES string of the molecule is Cc1cc(C)c(NC(=O)N(C)CC(F)F)c(C(=O)O)c1. The molecule has 0 spiro atoms. The number of hydrogen-bond acceptors (Lipinski definition) is 2. The van der Waals surface area contributed by atoms with Gasteiger partial charge in [0.2, 0.25) is 0 Å². The van der Waals surface area contributed by atoms with Crippen LogP contribution in [0.3, 0.4) is 0 Å². The molecule has 7 heteroatoms. The van der Waals surface area contributed by atoms with Crippen LogP contribution in [0.25, 0.3) is 0 Å². The van der Waals surface area contributed by atoms with Crippen molar-refractivity contribution in [2.24, 2.45) is 0 Å². The number of urea groups is 1. The average Bonchev–Trinajstić information content (AvgIpc) is 2.30. The van der Waals surface area contributed by atoms with Gasteiger partial charge < -0.3 is 15.3 Å². The van der Waals surface area contributed by atoms with Crippen LogP contribution in [0.15, 0.2) is 12.1 Å². The van der Waals surface area contributed by atoms with Crippen LogP contribution in [0.1, 0.15) is 21.5 Å². The Labute approximate surface area is 115 Å². The fourth-order valence-electron chi connectivity index (χ4n) is 1.79. The van der Waals surface area contributed by atoms with Crippen LogP contribution in [0.5, 0.6) is 0 Å². The van der Waals surface area contributed by atoms with Crippen LogP contribution >= 0.6 is 0 Å². The highest BCUT2D eigenvalue weighted by Gasteiger charge is 2.19. The van der Waals surface area contributed by atoms with E-state index < -0.39 is 25.0 Å². The first-order valence-corrected chi connectivity index (χ1v) is 5.87. The maximum absolute atomic E-state index is 12.2. The molecule has 2 N–H and O–H groups in total. The number of nitrogens with zero attached hydrogens (tertiary/aromatic N) is 1. The van der Waals surface area contributed by atoms with Gasteiger partial charge in [-0.3, -0.25) is 0 Å². The Hall–Kier alpha value is -2.18. The number of alkyl halides is 2. The molecular weight excluding hydrogens is 270 g/mol. The molecule has 0 heterocycles. The Morgan fingerprint density at radius 1 is 1.35 bits per heavy atom. The predicted molar refractivity (Wildman–Crippen MR) is 70.5 cm³/mol. The molecule has 0 atom stereocenters. The molecule has 0 saturated carbocycles. The molecule has 1 rings (SSSR count). The lowest BCUT2D eigenvalue weighted by molar-refractivity contribution is 0.0697. The van der Waals surface area contributed by atoms with Crippen LogP contribution in [0.4, 0.5) is 19.3 Å². The van der Waals surface area contributed by atoms with Gasteiger partial charge in [0, 0.05) is 7.05 Å². The zero-order chi connectivity index (χ0) is 15.4. The van der Waals surface area contributed by atoms with E-state index in [1.807, 2.05) is 0 Å². The number of amides is 2. The van der Waals surface area contributed by atoms with Gasteiger partial charge in [-0.05, 0) is 31.0 Å². The smallest absolute Gasteiger partial charge is 0.337 e. The molecule has 0 fully saturated rings. The van der Waals surface area contributed by atoms with E-state index in [1.54, 1.807) is 19.9 Å². The van der Waals surface area contributed by atoms with Crippen molar-refractivity contribution in [2.45, 2.75) is 20.3 Å². The second-order valence-electron chi connectivity index (χ2n) is 4.51. The third-order valence-corrected chi connectivity index (χ3v) is 2.70. The van der Waals surface area contributed by atoms with Gasteiger partial charge in [0.25, 0.3) is 6.43 Å². The zero-order valence-electron chi connectivity index (χ0n) is 11.4. The van der Waals surface area contributed by atoms with Crippen molar-refractivity contribution in [1.29, 1.82) is 0 Å². The fraction of sp³-hybridized carbons (Fsp3) is 0.385. The maximum Gasteiger partial charge on any atom is 0.337 e. The molecule has 0 aromatic heterocycles. The minimum Gasteiger partial charge on any atom is -0.478 e. The van der Waals surface area contributed by atoms with Crippen molar-refractivity contribution in [3.63, 3.8) is 0 Å². The summed E-state index contributed by atoms with van der Waals surface area (Å²) in [6, 6.07) is 2.34. The van der Waals surface area contributed by atoms with Crippen molar-refractivity contribution >= 4 is 17.7 Å². The summed E-state index contributed by atoms with van der Waals surface area (Å²) < 4.78 is 24.4. The lowest BCUT2D eigenvalue weighted by Crippen LogP contribution is -2.35. The monoisotopic (exact) mass is 286 g/mol. The van der Waals surface area contributed by atoms with E-state index in [0.29, 0.717) is 5.56 Å². The van der Waals surface area contributed by atoms with Crippen LogP contribution in [-0.2, 0) is 0 Å². The van der Waals surface area contributed by atoms with Gasteiger partial charge in [-0.2, -0.15) is 0 Å². The molecule has 2 amide bonds. The van der Waals surface area contributed by atoms with E-state index in [0.717, 1.165) is 10.5 Å². The minimum atomic E-state index is -2.65. The average molecular weight is 286 g/mol. The highest BCUT2D eigenvalue weighted by atomic mass is 19.3. The van der Waals surface area contributed by atoms with Gasteiger partial charge in [0.05, 0.1) is 17.8 Å². The van der Waals surface area contributed by atoms with Crippen LogP contribution < -0.4 is 5.32 Å². The number of hydrogen-bond donors (Lipinski definition) is 2. The Bertz CT molecular complexity index is 533. The molecule has 0 radical (unpaired) electrons. The normalized spacial score (nSPS) is 10.5. The largest absolute Gasteiger partial charge is 0.478 e. The van der Waals surface area contributed by atoms with Crippen molar-refractivity contribution in [3.05, 3.63) is 28.8 Å². The Kier molecular flexibility index (Phi) is 5.01. The van der Waals surface area contributed by atoms with E-state index in [9.17, 15) is 18.4 Å². The standard InChI is InChI=1S/C13H16F2N2O3/c1-7-4-8(2)11(9(5-7)12(18)19)16-13(20)17(3)6-10(14)15/h4-5,10H,6H2,1-3H3,(H,16,20)(H,18,19). The summed E-state index contributed by atoms with van der Waals surface area (Å²) in [7, 11) is 1.21. The lowest BCUT2D eigenvalue weighted by atomic mass is 10.0. The summed E-state index contributed by atoms with van der Waals surface area (Å²) in [6.45, 7) is 2.65. The number of anilines is 1. The number of carboxylic acid groups (broad SMARTS) is 1. The number of carbonyl (C=O) groups excluding carboxylic acids is 1. The van der Waals surface area contributed by atoms with E-state index in [4.69, 9.17) is 5.11 Å². The van der Waals surface area contributed by atoms with Gasteiger partial charge in [-0.15, -0.1) is 0 Å². The van der Waals surface area contributed by atoms with Crippen LogP contribution in [0, 0.1) is 13.8 Å². The number of carboxylic acids is 1. The number of carbonyl (C=O) groups is 2. The fourth-order valence-corrected chi connectivity index (χ4v) is 1.79. The Morgan fingerprint density at radius 2 is 1.95 bits per heavy atom. The van der Waals surface area contributed by atoms with Crippen molar-refractivity contribution in [1.82, 2.24) is 4.90 Å². The quantitative estimate of drug-likeness (QED) is 0.894. The van der Waals surface area contributed by atoms with E-state index in [2.05, 4.69) is 5.32 Å². The third-order valence-electron chi connectivity index (χ3n) is 2.70. The molecule has 0 bridgehead atoms. The molecule has 1 aromatic carbocycles. The van der Waals surface area contributed by atoms with Gasteiger partial charge >= 0.3 is 12.0 Å². The molecule has 0 aliphatic carbocycles. The molecule has 110 valence electrons. The van der Waals surface area contributed by atoms with Gasteiger partial charge in [0.15, 0.2) is 0 Å². The number of benzene rings is 1. The highest BCUT2D eigenvalue weighted by molar-refractivity contribution is 6.01. The molecule has 20 heavy (non-hydrogen) atoms. The van der Waals surface area contributed by atoms with Gasteiger partial charge in [-0.1, -0.05) is 6.07 Å². The van der Waals surface area contributed by atoms with Gasteiger partial charge in [0.1, 0.15) is 0 Å². The number of aromatic carboxylic acids is 1. The maximum atomic E-state index is 12.2. The first-order chi connectivity index (χ1) is 9.22. The van der Waals surface area contributed by atoms with Crippen molar-refractivity contribution in [3.8, 4) is 0 Å². The number of halogens is 2. The number of nitrogens with one attached hydrogen (secondary N) is 1. The molecule has 0 aliphatic rings. The van der Waals surface area contributed by atoms with E-state index in [1.165, 1.54) is 13.1 Å². The Balaban J connectivity index is 3.03. The van der Waals surface area contributed by atoms with E-state index in [-0.39, 0.29) is 11.3 Å². The van der Waals surface area contributed by atoms with E-state index >= 15 is 0 Å². The summed E-state index contributed by atoms with van der Waals surface area (Å²) in [4.78, 5) is 23.7. The summed E-state index contributed by atoms with van der Waals surface area (Å²) in [5.74, 6) is -1.19. The molecular formula is C13H16F2N2O3. The van der Waals surface area contributed by atoms with Gasteiger partial charge in [-0.25, -0.2) is 18.4 Å². The molecule has 1 aromatic rings. The van der Waals surface area contributed by atoms with Crippen LogP contribution in [0.2, 0.25) is 0 Å². The summed E-state index contributed by atoms with van der Waals surface area (Å²) in [5, 5.41) is 11.5. The molecule has 0 unspecified atom stereocenters. The minimum absolute atomic E-state index is 0.0682. The zero-order valence-corrected chi connectivity index (χ0v) is 11.4. The summed E-state index contributed by atoms with van der Waals surface area (Å²) in [5.41, 5.74) is 1.34. The topological polar surface area (TPSA) is 69.6 Å². The van der Waals surface area contributed by atoms with Crippen molar-refractivity contribution < 1.29 is 23.5 Å². The first kappa shape index (κ1) is 15.9. The highest BCUT2D eigenvalue weighted by Crippen LogP contribution is 2.23. The second-order valence-corrected chi connectivity index (χ2v) is 4.51. The Morgan fingerprint density at radius 3 is 2.45 bits per heavy atom. The molecule has 0 aliphatic heterocycles. The second kappa shape index (κ2) is 6.31. The summed E-state index contributed by atoms with van der Waals surface area (Å²) in [6.07, 6.45) is -2.65. The molecule has 0 saturated heterocycles.